The van der Waals surface area contributed by atoms with Crippen LogP contribution < -0.4 is 10.5 Å². The van der Waals surface area contributed by atoms with Crippen LogP contribution >= 0.6 is 43.5 Å². The first-order valence-electron chi connectivity index (χ1n) is 5.80. The highest BCUT2D eigenvalue weighted by Gasteiger charge is 2.19. The van der Waals surface area contributed by atoms with Crippen molar-refractivity contribution in [3.63, 3.8) is 0 Å². The highest BCUT2D eigenvalue weighted by molar-refractivity contribution is 9.11. The summed E-state index contributed by atoms with van der Waals surface area (Å²) >= 11 is 12.4. The van der Waals surface area contributed by atoms with Gasteiger partial charge < -0.3 is 5.73 Å². The number of hydrogen-bond donors (Lipinski definition) is 2. The van der Waals surface area contributed by atoms with Crippen LogP contribution in [0.5, 0.6) is 0 Å². The largest absolute Gasteiger partial charge is 0.326 e. The Labute approximate surface area is 145 Å². The van der Waals surface area contributed by atoms with E-state index in [9.17, 15) is 8.42 Å². The lowest BCUT2D eigenvalue weighted by molar-refractivity contribution is 0.600. The van der Waals surface area contributed by atoms with Crippen LogP contribution in [0, 0.1) is 0 Å². The molecule has 0 radical (unpaired) electrons. The average Bonchev–Trinajstić information content (AvgIpc) is 2.42. The molecule has 21 heavy (non-hydrogen) atoms. The molecule has 0 saturated heterocycles. The van der Waals surface area contributed by atoms with Crippen molar-refractivity contribution in [2.75, 3.05) is 4.72 Å². The Bertz CT molecular complexity index is 782. The lowest BCUT2D eigenvalue weighted by Gasteiger charge is -2.12. The second-order valence-electron chi connectivity index (χ2n) is 4.20. The second-order valence-corrected chi connectivity index (χ2v) is 7.99. The van der Waals surface area contributed by atoms with E-state index < -0.39 is 10.0 Å². The molecule has 2 rings (SSSR count). The van der Waals surface area contributed by atoms with Crippen molar-refractivity contribution in [2.45, 2.75) is 11.4 Å². The molecule has 0 aliphatic rings. The molecule has 0 aliphatic carbocycles. The van der Waals surface area contributed by atoms with Crippen LogP contribution in [0.2, 0.25) is 5.02 Å². The molecule has 0 bridgehead atoms. The Balaban J connectivity index is 2.43. The lowest BCUT2D eigenvalue weighted by Crippen LogP contribution is -2.14. The Morgan fingerprint density at radius 1 is 1.10 bits per heavy atom. The van der Waals surface area contributed by atoms with Gasteiger partial charge >= 0.3 is 0 Å². The van der Waals surface area contributed by atoms with Crippen LogP contribution in [0.3, 0.4) is 0 Å². The maximum atomic E-state index is 12.5. The molecule has 0 fully saturated rings. The van der Waals surface area contributed by atoms with Gasteiger partial charge in [-0.15, -0.1) is 0 Å². The van der Waals surface area contributed by atoms with Gasteiger partial charge in [0.15, 0.2) is 0 Å². The summed E-state index contributed by atoms with van der Waals surface area (Å²) in [4.78, 5) is 0.132. The van der Waals surface area contributed by atoms with E-state index in [4.69, 9.17) is 17.3 Å². The van der Waals surface area contributed by atoms with Crippen LogP contribution in [0.1, 0.15) is 5.56 Å². The van der Waals surface area contributed by atoms with Crippen molar-refractivity contribution >= 4 is 59.2 Å². The zero-order valence-electron chi connectivity index (χ0n) is 10.6. The van der Waals surface area contributed by atoms with E-state index in [-0.39, 0.29) is 11.4 Å². The molecule has 3 N–H and O–H groups in total. The fraction of sp³-hybridized carbons (Fsp3) is 0.0769. The summed E-state index contributed by atoms with van der Waals surface area (Å²) in [6.45, 7) is 0.264. The number of benzene rings is 2. The number of nitrogens with two attached hydrogens (primary N) is 1. The first-order chi connectivity index (χ1) is 9.83. The van der Waals surface area contributed by atoms with Gasteiger partial charge in [-0.3, -0.25) is 4.72 Å². The topological polar surface area (TPSA) is 72.2 Å². The number of sulfonamides is 1. The average molecular weight is 455 g/mol. The Kier molecular flexibility index (Phi) is 5.32. The lowest BCUT2D eigenvalue weighted by atomic mass is 10.2. The van der Waals surface area contributed by atoms with Crippen molar-refractivity contribution in [1.29, 1.82) is 0 Å². The molecule has 0 spiro atoms. The minimum Gasteiger partial charge on any atom is -0.326 e. The minimum atomic E-state index is -3.74. The molecule has 0 heterocycles. The number of halogens is 3. The van der Waals surface area contributed by atoms with Gasteiger partial charge in [-0.1, -0.05) is 17.7 Å². The van der Waals surface area contributed by atoms with Crippen molar-refractivity contribution in [2.24, 2.45) is 5.73 Å². The second kappa shape index (κ2) is 6.66. The quantitative estimate of drug-likeness (QED) is 0.730. The van der Waals surface area contributed by atoms with Crippen LogP contribution in [0.25, 0.3) is 0 Å². The van der Waals surface area contributed by atoms with E-state index in [0.717, 1.165) is 5.56 Å². The third-order valence-electron chi connectivity index (χ3n) is 2.70. The minimum absolute atomic E-state index is 0.132. The standard InChI is InChI=1S/C13H11Br2ClN2O2S/c14-10-3-1-8(7-17)5-13(10)21(19,20)18-12-4-2-9(16)6-11(12)15/h1-6,18H,7,17H2. The molecule has 8 heteroatoms. The van der Waals surface area contributed by atoms with Gasteiger partial charge in [-0.25, -0.2) is 8.42 Å². The van der Waals surface area contributed by atoms with E-state index in [2.05, 4.69) is 36.6 Å². The predicted molar refractivity (Wildman–Crippen MR) is 92.0 cm³/mol. The van der Waals surface area contributed by atoms with Crippen LogP contribution in [0.15, 0.2) is 50.2 Å². The molecular formula is C13H11Br2ClN2O2S. The van der Waals surface area contributed by atoms with Crippen molar-refractivity contribution < 1.29 is 8.42 Å². The first-order valence-corrected chi connectivity index (χ1v) is 9.24. The highest BCUT2D eigenvalue weighted by Crippen LogP contribution is 2.30. The van der Waals surface area contributed by atoms with Gasteiger partial charge in [0.1, 0.15) is 4.90 Å². The van der Waals surface area contributed by atoms with E-state index in [1.807, 2.05) is 0 Å². The third-order valence-corrected chi connectivity index (χ3v) is 5.95. The summed E-state index contributed by atoms with van der Waals surface area (Å²) in [5.74, 6) is 0. The smallest absolute Gasteiger partial charge is 0.263 e. The summed E-state index contributed by atoms with van der Waals surface area (Å²) in [6, 6.07) is 9.77. The molecular weight excluding hydrogens is 443 g/mol. The fourth-order valence-electron chi connectivity index (χ4n) is 1.65. The molecule has 0 aliphatic heterocycles. The van der Waals surface area contributed by atoms with Gasteiger partial charge in [0.2, 0.25) is 0 Å². The summed E-state index contributed by atoms with van der Waals surface area (Å²) in [6.07, 6.45) is 0. The third kappa shape index (κ3) is 3.98. The van der Waals surface area contributed by atoms with Crippen molar-refractivity contribution in [3.8, 4) is 0 Å². The maximum Gasteiger partial charge on any atom is 0.263 e. The van der Waals surface area contributed by atoms with Crippen molar-refractivity contribution in [3.05, 3.63) is 55.9 Å². The van der Waals surface area contributed by atoms with Crippen LogP contribution in [-0.4, -0.2) is 8.42 Å². The first kappa shape index (κ1) is 16.8. The molecule has 112 valence electrons. The Morgan fingerprint density at radius 2 is 1.81 bits per heavy atom. The van der Waals surface area contributed by atoms with Gasteiger partial charge in [0.25, 0.3) is 10.0 Å². The predicted octanol–water partition coefficient (Wildman–Crippen LogP) is 4.12. The van der Waals surface area contributed by atoms with Gasteiger partial charge in [0, 0.05) is 20.5 Å². The maximum absolute atomic E-state index is 12.5. The normalized spacial score (nSPS) is 11.4. The Hall–Kier alpha value is -0.600. The monoisotopic (exact) mass is 452 g/mol. The summed E-state index contributed by atoms with van der Waals surface area (Å²) in [5, 5.41) is 0.510. The van der Waals surface area contributed by atoms with E-state index in [1.165, 1.54) is 6.07 Å². The number of nitrogens with one attached hydrogen (secondary N) is 1. The molecule has 0 unspecified atom stereocenters. The summed E-state index contributed by atoms with van der Waals surface area (Å²) in [5.41, 5.74) is 6.69. The molecule has 0 saturated carbocycles. The summed E-state index contributed by atoms with van der Waals surface area (Å²) < 4.78 is 28.5. The molecule has 0 atom stereocenters. The zero-order valence-corrected chi connectivity index (χ0v) is 15.4. The SMILES string of the molecule is NCc1ccc(Br)c(S(=O)(=O)Nc2ccc(Cl)cc2Br)c1. The van der Waals surface area contributed by atoms with E-state index in [0.29, 0.717) is 19.7 Å². The van der Waals surface area contributed by atoms with E-state index in [1.54, 1.807) is 30.3 Å². The van der Waals surface area contributed by atoms with Crippen molar-refractivity contribution in [1.82, 2.24) is 0 Å². The van der Waals surface area contributed by atoms with Gasteiger partial charge in [-0.05, 0) is 67.8 Å². The molecule has 0 amide bonds. The molecule has 0 aromatic heterocycles. The number of hydrogen-bond acceptors (Lipinski definition) is 3. The van der Waals surface area contributed by atoms with Crippen LogP contribution in [0.4, 0.5) is 5.69 Å². The summed E-state index contributed by atoms with van der Waals surface area (Å²) in [7, 11) is -3.74. The molecule has 2 aromatic rings. The van der Waals surface area contributed by atoms with Gasteiger partial charge in [-0.2, -0.15) is 0 Å². The number of rotatable bonds is 4. The van der Waals surface area contributed by atoms with Gasteiger partial charge in [0.05, 0.1) is 5.69 Å². The van der Waals surface area contributed by atoms with E-state index >= 15 is 0 Å². The fourth-order valence-corrected chi connectivity index (χ4v) is 4.66. The van der Waals surface area contributed by atoms with Crippen LogP contribution in [-0.2, 0) is 16.6 Å². The zero-order chi connectivity index (χ0) is 15.6. The highest BCUT2D eigenvalue weighted by atomic mass is 79.9. The molecule has 2 aromatic carbocycles. The number of anilines is 1. The Morgan fingerprint density at radius 3 is 2.43 bits per heavy atom. The molecule has 4 nitrogen and oxygen atoms in total.